The fourth-order valence-corrected chi connectivity index (χ4v) is 3.67. The molecule has 21 heavy (non-hydrogen) atoms. The van der Waals surface area contributed by atoms with Crippen molar-refractivity contribution in [2.75, 3.05) is 0 Å². The number of hydrogen-bond acceptors (Lipinski definition) is 3. The first-order valence-electron chi connectivity index (χ1n) is 6.75. The predicted molar refractivity (Wildman–Crippen MR) is 78.0 cm³/mol. The van der Waals surface area contributed by atoms with E-state index in [4.69, 9.17) is 5.11 Å². The molecule has 1 aromatic heterocycles. The van der Waals surface area contributed by atoms with E-state index in [0.29, 0.717) is 29.5 Å². The average Bonchev–Trinajstić information content (AvgIpc) is 3.04. The molecule has 2 N–H and O–H groups in total. The van der Waals surface area contributed by atoms with Crippen LogP contribution in [0.2, 0.25) is 0 Å². The SMILES string of the molecule is O=C(N[C@H]1CC[C@@H](C(=O)O)C1)c1cc2cc(F)ccc2s1. The minimum Gasteiger partial charge on any atom is -0.481 e. The highest BCUT2D eigenvalue weighted by Gasteiger charge is 2.30. The highest BCUT2D eigenvalue weighted by molar-refractivity contribution is 7.20. The van der Waals surface area contributed by atoms with Crippen molar-refractivity contribution in [1.29, 1.82) is 0 Å². The number of nitrogens with one attached hydrogen (secondary N) is 1. The van der Waals surface area contributed by atoms with Crippen LogP contribution in [0, 0.1) is 11.7 Å². The number of hydrogen-bond donors (Lipinski definition) is 2. The molecule has 0 aliphatic heterocycles. The highest BCUT2D eigenvalue weighted by Crippen LogP contribution is 2.28. The summed E-state index contributed by atoms with van der Waals surface area (Å²) in [5.74, 6) is -1.71. The number of halogens is 1. The summed E-state index contributed by atoms with van der Waals surface area (Å²) in [5, 5.41) is 12.5. The van der Waals surface area contributed by atoms with Crippen molar-refractivity contribution in [3.8, 4) is 0 Å². The zero-order chi connectivity index (χ0) is 15.0. The molecule has 2 atom stereocenters. The molecular formula is C15H14FNO3S. The Hall–Kier alpha value is -1.95. The van der Waals surface area contributed by atoms with Crippen LogP contribution in [0.5, 0.6) is 0 Å². The number of benzene rings is 1. The molecule has 110 valence electrons. The lowest BCUT2D eigenvalue weighted by Gasteiger charge is -2.11. The molecule has 4 nitrogen and oxygen atoms in total. The summed E-state index contributed by atoms with van der Waals surface area (Å²) in [5.41, 5.74) is 0. The van der Waals surface area contributed by atoms with Crippen molar-refractivity contribution in [3.63, 3.8) is 0 Å². The maximum Gasteiger partial charge on any atom is 0.306 e. The van der Waals surface area contributed by atoms with Gasteiger partial charge in [-0.1, -0.05) is 0 Å². The third kappa shape index (κ3) is 2.90. The molecule has 1 aliphatic rings. The van der Waals surface area contributed by atoms with Crippen LogP contribution in [0.3, 0.4) is 0 Å². The molecule has 6 heteroatoms. The van der Waals surface area contributed by atoms with Crippen LogP contribution < -0.4 is 5.32 Å². The van der Waals surface area contributed by atoms with E-state index in [1.807, 2.05) is 0 Å². The van der Waals surface area contributed by atoms with Gasteiger partial charge in [-0.25, -0.2) is 4.39 Å². The molecule has 0 saturated heterocycles. The quantitative estimate of drug-likeness (QED) is 0.916. The van der Waals surface area contributed by atoms with E-state index >= 15 is 0 Å². The lowest BCUT2D eigenvalue weighted by molar-refractivity contribution is -0.141. The molecular weight excluding hydrogens is 293 g/mol. The van der Waals surface area contributed by atoms with Gasteiger partial charge in [-0.05, 0) is 48.9 Å². The third-order valence-electron chi connectivity index (χ3n) is 3.82. The van der Waals surface area contributed by atoms with Crippen molar-refractivity contribution in [2.45, 2.75) is 25.3 Å². The van der Waals surface area contributed by atoms with Crippen molar-refractivity contribution < 1.29 is 19.1 Å². The summed E-state index contributed by atoms with van der Waals surface area (Å²) in [6, 6.07) is 6.00. The molecule has 1 amide bonds. The second-order valence-electron chi connectivity index (χ2n) is 5.31. The van der Waals surface area contributed by atoms with Gasteiger partial charge >= 0.3 is 5.97 Å². The number of carboxylic acid groups (broad SMARTS) is 1. The van der Waals surface area contributed by atoms with Gasteiger partial charge in [0.15, 0.2) is 0 Å². The first kappa shape index (κ1) is 14.0. The second kappa shape index (κ2) is 5.44. The summed E-state index contributed by atoms with van der Waals surface area (Å²) in [6.07, 6.45) is 1.75. The first-order chi connectivity index (χ1) is 10.0. The zero-order valence-electron chi connectivity index (χ0n) is 11.1. The van der Waals surface area contributed by atoms with Gasteiger partial charge in [0.2, 0.25) is 0 Å². The van der Waals surface area contributed by atoms with Crippen LogP contribution in [0.25, 0.3) is 10.1 Å². The molecule has 1 aromatic carbocycles. The van der Waals surface area contributed by atoms with Crippen molar-refractivity contribution in [3.05, 3.63) is 35.0 Å². The van der Waals surface area contributed by atoms with Crippen molar-refractivity contribution in [2.24, 2.45) is 5.92 Å². The summed E-state index contributed by atoms with van der Waals surface area (Å²) < 4.78 is 14.0. The van der Waals surface area contributed by atoms with E-state index in [1.54, 1.807) is 12.1 Å². The fraction of sp³-hybridized carbons (Fsp3) is 0.333. The smallest absolute Gasteiger partial charge is 0.306 e. The Bertz CT molecular complexity index is 712. The number of aliphatic carboxylic acids is 1. The molecule has 0 bridgehead atoms. The van der Waals surface area contributed by atoms with E-state index < -0.39 is 5.97 Å². The summed E-state index contributed by atoms with van der Waals surface area (Å²) in [7, 11) is 0. The Morgan fingerprint density at radius 3 is 2.81 bits per heavy atom. The Kier molecular flexibility index (Phi) is 3.63. The summed E-state index contributed by atoms with van der Waals surface area (Å²) in [4.78, 5) is 23.6. The standard InChI is InChI=1S/C15H14FNO3S/c16-10-2-4-12-9(5-10)7-13(21-12)14(18)17-11-3-1-8(6-11)15(19)20/h2,4-5,7-8,11H,1,3,6H2,(H,17,18)(H,19,20)/t8-,11+/m1/s1. The van der Waals surface area contributed by atoms with E-state index in [2.05, 4.69) is 5.32 Å². The number of carboxylic acids is 1. The van der Waals surface area contributed by atoms with Crippen LogP contribution in [0.15, 0.2) is 24.3 Å². The van der Waals surface area contributed by atoms with Gasteiger partial charge in [0, 0.05) is 10.7 Å². The van der Waals surface area contributed by atoms with Gasteiger partial charge in [0.25, 0.3) is 5.91 Å². The number of fused-ring (bicyclic) bond motifs is 1. The van der Waals surface area contributed by atoms with Gasteiger partial charge in [-0.2, -0.15) is 0 Å². The fourth-order valence-electron chi connectivity index (χ4n) is 2.72. The summed E-state index contributed by atoms with van der Waals surface area (Å²) >= 11 is 1.31. The number of thiophene rings is 1. The van der Waals surface area contributed by atoms with E-state index in [1.165, 1.54) is 23.5 Å². The summed E-state index contributed by atoms with van der Waals surface area (Å²) in [6.45, 7) is 0. The molecule has 1 aliphatic carbocycles. The van der Waals surface area contributed by atoms with E-state index in [-0.39, 0.29) is 23.7 Å². The van der Waals surface area contributed by atoms with E-state index in [0.717, 1.165) is 4.70 Å². The molecule has 1 fully saturated rings. The van der Waals surface area contributed by atoms with Crippen LogP contribution in [-0.4, -0.2) is 23.0 Å². The Morgan fingerprint density at radius 2 is 2.10 bits per heavy atom. The number of carbonyl (C=O) groups excluding carboxylic acids is 1. The largest absolute Gasteiger partial charge is 0.481 e. The maximum absolute atomic E-state index is 13.1. The zero-order valence-corrected chi connectivity index (χ0v) is 12.0. The predicted octanol–water partition coefficient (Wildman–Crippen LogP) is 3.02. The normalized spacial score (nSPS) is 21.6. The first-order valence-corrected chi connectivity index (χ1v) is 7.57. The number of rotatable bonds is 3. The minimum atomic E-state index is -0.802. The average molecular weight is 307 g/mol. The van der Waals surface area contributed by atoms with Gasteiger partial charge in [0.1, 0.15) is 5.82 Å². The van der Waals surface area contributed by atoms with Crippen LogP contribution in [0.4, 0.5) is 4.39 Å². The minimum absolute atomic E-state index is 0.0967. The highest BCUT2D eigenvalue weighted by atomic mass is 32.1. The lowest BCUT2D eigenvalue weighted by Crippen LogP contribution is -2.32. The number of carbonyl (C=O) groups is 2. The topological polar surface area (TPSA) is 66.4 Å². The monoisotopic (exact) mass is 307 g/mol. The van der Waals surface area contributed by atoms with Crippen LogP contribution in [-0.2, 0) is 4.79 Å². The lowest BCUT2D eigenvalue weighted by atomic mass is 10.1. The molecule has 2 aromatic rings. The Morgan fingerprint density at radius 1 is 1.29 bits per heavy atom. The Balaban J connectivity index is 1.71. The van der Waals surface area contributed by atoms with Gasteiger partial charge in [-0.15, -0.1) is 11.3 Å². The van der Waals surface area contributed by atoms with Crippen molar-refractivity contribution in [1.82, 2.24) is 5.32 Å². The van der Waals surface area contributed by atoms with Gasteiger partial charge in [-0.3, -0.25) is 9.59 Å². The molecule has 0 spiro atoms. The number of amides is 1. The molecule has 1 heterocycles. The second-order valence-corrected chi connectivity index (χ2v) is 6.40. The third-order valence-corrected chi connectivity index (χ3v) is 4.93. The molecule has 1 saturated carbocycles. The Labute approximate surface area is 124 Å². The maximum atomic E-state index is 13.1. The van der Waals surface area contributed by atoms with Gasteiger partial charge < -0.3 is 10.4 Å². The van der Waals surface area contributed by atoms with Crippen LogP contribution >= 0.6 is 11.3 Å². The van der Waals surface area contributed by atoms with Gasteiger partial charge in [0.05, 0.1) is 10.8 Å². The van der Waals surface area contributed by atoms with Crippen molar-refractivity contribution >= 4 is 33.3 Å². The molecule has 3 rings (SSSR count). The van der Waals surface area contributed by atoms with Crippen LogP contribution in [0.1, 0.15) is 28.9 Å². The molecule has 0 radical (unpaired) electrons. The molecule has 0 unspecified atom stereocenters. The van der Waals surface area contributed by atoms with E-state index in [9.17, 15) is 14.0 Å².